The summed E-state index contributed by atoms with van der Waals surface area (Å²) >= 11 is -0.763. The molecular weight excluding hydrogens is 310 g/mol. The molecule has 0 spiro atoms. The van der Waals surface area contributed by atoms with E-state index in [0.717, 1.165) is 0 Å². The van der Waals surface area contributed by atoms with Crippen molar-refractivity contribution in [1.82, 2.24) is 0 Å². The molecule has 0 radical (unpaired) electrons. The molecule has 3 aromatic rings. The van der Waals surface area contributed by atoms with Gasteiger partial charge in [-0.1, -0.05) is 0 Å². The Labute approximate surface area is 136 Å². The molecule has 0 aromatic heterocycles. The van der Waals surface area contributed by atoms with Gasteiger partial charge in [-0.25, -0.2) is 0 Å². The van der Waals surface area contributed by atoms with Crippen LogP contribution in [0.5, 0.6) is 0 Å². The molecule has 0 N–H and O–H groups in total. The number of rotatable bonds is 4. The molecule has 0 nitrogen and oxygen atoms in total. The molecule has 104 valence electrons. The van der Waals surface area contributed by atoms with Crippen LogP contribution in [0.2, 0.25) is 0 Å². The van der Waals surface area contributed by atoms with Gasteiger partial charge in [0.05, 0.1) is 0 Å². The molecule has 0 saturated heterocycles. The molecule has 0 aliphatic heterocycles. The molecular formula is C18H17AlClP. The first-order valence-corrected chi connectivity index (χ1v) is 13.6. The van der Waals surface area contributed by atoms with Gasteiger partial charge < -0.3 is 0 Å². The van der Waals surface area contributed by atoms with Crippen LogP contribution in [-0.2, 0) is 0 Å². The summed E-state index contributed by atoms with van der Waals surface area (Å²) in [6.45, 7) is 0. The zero-order valence-corrected chi connectivity index (χ0v) is 14.9. The molecule has 0 heterocycles. The van der Waals surface area contributed by atoms with E-state index >= 15 is 0 Å². The quantitative estimate of drug-likeness (QED) is 0.510. The molecule has 3 aromatic carbocycles. The Morgan fingerprint density at radius 2 is 0.810 bits per heavy atom. The molecule has 0 atom stereocenters. The average Bonchev–Trinajstić information content (AvgIpc) is 2.59. The van der Waals surface area contributed by atoms with Gasteiger partial charge in [0.15, 0.2) is 0 Å². The Morgan fingerprint density at radius 3 is 1.05 bits per heavy atom. The first-order chi connectivity index (χ1) is 10.4. The summed E-state index contributed by atoms with van der Waals surface area (Å²) in [4.78, 5) is 0. The molecule has 0 bridgehead atoms. The zero-order chi connectivity index (χ0) is 14.5. The third kappa shape index (κ3) is 2.81. The Hall–Kier alpha value is -1.09. The summed E-state index contributed by atoms with van der Waals surface area (Å²) in [7, 11) is 6.73. The van der Waals surface area contributed by atoms with E-state index in [9.17, 15) is 0 Å². The van der Waals surface area contributed by atoms with E-state index < -0.39 is 19.8 Å². The van der Waals surface area contributed by atoms with Crippen molar-refractivity contribution < 1.29 is 0 Å². The monoisotopic (exact) mass is 326 g/mol. The molecule has 3 rings (SSSR count). The maximum absolute atomic E-state index is 6.73. The van der Waals surface area contributed by atoms with Crippen molar-refractivity contribution >= 4 is 45.7 Å². The summed E-state index contributed by atoms with van der Waals surface area (Å²) in [5.41, 5.74) is 0. The van der Waals surface area contributed by atoms with Crippen LogP contribution in [0.25, 0.3) is 0 Å². The van der Waals surface area contributed by atoms with Crippen LogP contribution in [-0.4, -0.2) is 13.9 Å². The van der Waals surface area contributed by atoms with Gasteiger partial charge in [0.1, 0.15) is 0 Å². The van der Waals surface area contributed by atoms with Gasteiger partial charge in [-0.2, -0.15) is 0 Å². The minimum absolute atomic E-state index is 0.763. The van der Waals surface area contributed by atoms with E-state index in [1.54, 1.807) is 0 Å². The van der Waals surface area contributed by atoms with Crippen LogP contribution >= 0.6 is 16.0 Å². The van der Waals surface area contributed by atoms with Gasteiger partial charge in [0, 0.05) is 0 Å². The van der Waals surface area contributed by atoms with Gasteiger partial charge in [-0.05, 0) is 0 Å². The molecule has 0 unspecified atom stereocenters. The van der Waals surface area contributed by atoms with Gasteiger partial charge >= 0.3 is 137 Å². The predicted octanol–water partition coefficient (Wildman–Crippen LogP) is 3.22. The van der Waals surface area contributed by atoms with Crippen molar-refractivity contribution in [3.63, 3.8) is 0 Å². The van der Waals surface area contributed by atoms with Gasteiger partial charge in [0.25, 0.3) is 0 Å². The number of hydrogen-bond donors (Lipinski definition) is 0. The fourth-order valence-corrected chi connectivity index (χ4v) is 14.3. The molecule has 0 aliphatic rings. The second-order valence-corrected chi connectivity index (χ2v) is 15.3. The van der Waals surface area contributed by atoms with Crippen molar-refractivity contribution in [1.29, 1.82) is 0 Å². The Bertz CT molecular complexity index is 590. The Morgan fingerprint density at radius 1 is 0.524 bits per heavy atom. The Balaban J connectivity index is 2.29. The van der Waals surface area contributed by atoms with Crippen molar-refractivity contribution in [2.24, 2.45) is 0 Å². The van der Waals surface area contributed by atoms with Crippen molar-refractivity contribution in [3.8, 4) is 0 Å². The topological polar surface area (TPSA) is 0 Å². The van der Waals surface area contributed by atoms with Crippen LogP contribution in [0, 0.1) is 0 Å². The maximum atomic E-state index is 6.73. The summed E-state index contributed by atoms with van der Waals surface area (Å²) in [5, 5.41) is 4.26. The summed E-state index contributed by atoms with van der Waals surface area (Å²) in [6.07, 6.45) is 0. The van der Waals surface area contributed by atoms with Gasteiger partial charge in [0.2, 0.25) is 0 Å². The zero-order valence-electron chi connectivity index (χ0n) is 11.7. The first kappa shape index (κ1) is 14.8. The van der Waals surface area contributed by atoms with Gasteiger partial charge in [-0.3, -0.25) is 0 Å². The van der Waals surface area contributed by atoms with E-state index in [0.29, 0.717) is 0 Å². The van der Waals surface area contributed by atoms with Crippen LogP contribution < -0.4 is 15.9 Å². The normalized spacial score (nSPS) is 11.9. The van der Waals surface area contributed by atoms with E-state index in [1.807, 2.05) is 0 Å². The first-order valence-electron chi connectivity index (χ1n) is 7.10. The van der Waals surface area contributed by atoms with Crippen LogP contribution in [0.15, 0.2) is 91.0 Å². The molecule has 0 amide bonds. The van der Waals surface area contributed by atoms with Crippen LogP contribution in [0.3, 0.4) is 0 Å². The summed E-state index contributed by atoms with van der Waals surface area (Å²) in [5.74, 6) is -1.99. The van der Waals surface area contributed by atoms with E-state index in [1.165, 1.54) is 15.9 Å². The molecule has 21 heavy (non-hydrogen) atoms. The molecule has 0 fully saturated rings. The molecule has 0 aliphatic carbocycles. The van der Waals surface area contributed by atoms with E-state index in [4.69, 9.17) is 10.0 Å². The van der Waals surface area contributed by atoms with Crippen LogP contribution in [0.4, 0.5) is 0 Å². The molecule has 0 saturated carbocycles. The van der Waals surface area contributed by atoms with Crippen molar-refractivity contribution in [3.05, 3.63) is 91.0 Å². The fourth-order valence-electron chi connectivity index (χ4n) is 2.90. The summed E-state index contributed by atoms with van der Waals surface area (Å²) < 4.78 is 0. The predicted molar refractivity (Wildman–Crippen MR) is 99.5 cm³/mol. The number of benzene rings is 3. The number of halogens is 1. The Kier molecular flexibility index (Phi) is 4.79. The van der Waals surface area contributed by atoms with Crippen molar-refractivity contribution in [2.75, 3.05) is 0 Å². The third-order valence-corrected chi connectivity index (χ3v) is 16.8. The van der Waals surface area contributed by atoms with Gasteiger partial charge in [-0.15, -0.1) is 0 Å². The van der Waals surface area contributed by atoms with E-state index in [-0.39, 0.29) is 0 Å². The fraction of sp³-hybridized carbons (Fsp3) is 0. The SMILES string of the molecule is [Cl][AlH][PH](c1ccccc1)(c1ccccc1)c1ccccc1. The molecule has 3 heteroatoms. The van der Waals surface area contributed by atoms with Crippen molar-refractivity contribution in [2.45, 2.75) is 0 Å². The second-order valence-electron chi connectivity index (χ2n) is 5.14. The third-order valence-electron chi connectivity index (χ3n) is 4.00. The minimum atomic E-state index is -1.99. The average molecular weight is 327 g/mol. The second kappa shape index (κ2) is 6.78. The standard InChI is InChI=1S/C18H15P.Al.ClH.H/c1-4-10-16(11-5-1)19(17-12-6-2-7-13-17)18-14-8-3-9-15-18;;;/h1-15H;;1H;. The van der Waals surface area contributed by atoms with Crippen LogP contribution in [0.1, 0.15) is 0 Å². The van der Waals surface area contributed by atoms with E-state index in [2.05, 4.69) is 91.0 Å². The number of hydrogen-bond acceptors (Lipinski definition) is 0. The summed E-state index contributed by atoms with van der Waals surface area (Å²) in [6, 6.07) is 32.5.